The van der Waals surface area contributed by atoms with Gasteiger partial charge >= 0.3 is 5.97 Å². The number of nitrogens with one attached hydrogen (secondary N) is 1. The standard InChI is InChI=1S/C11H13N5O3/c1-7-5-8(15(2)13-7)11(19)12-9-3-4-16(14-9)6-10(17)18/h3-5H,6H2,1-2H3,(H,17,18)(H,12,14,19). The van der Waals surface area contributed by atoms with Gasteiger partial charge in [-0.1, -0.05) is 0 Å². The molecule has 0 fully saturated rings. The fraction of sp³-hybridized carbons (Fsp3) is 0.273. The van der Waals surface area contributed by atoms with Crippen molar-refractivity contribution in [2.24, 2.45) is 7.05 Å². The van der Waals surface area contributed by atoms with E-state index in [-0.39, 0.29) is 12.5 Å². The number of hydrogen-bond acceptors (Lipinski definition) is 4. The lowest BCUT2D eigenvalue weighted by Gasteiger charge is -2.01. The molecule has 2 aromatic heterocycles. The molecule has 0 saturated heterocycles. The molecular formula is C11H13N5O3. The first-order valence-corrected chi connectivity index (χ1v) is 5.53. The van der Waals surface area contributed by atoms with E-state index in [1.54, 1.807) is 20.0 Å². The Morgan fingerprint density at radius 1 is 1.42 bits per heavy atom. The van der Waals surface area contributed by atoms with Crippen LogP contribution in [-0.4, -0.2) is 36.5 Å². The van der Waals surface area contributed by atoms with Crippen molar-refractivity contribution >= 4 is 17.7 Å². The number of carbonyl (C=O) groups excluding carboxylic acids is 1. The second-order valence-corrected chi connectivity index (χ2v) is 4.04. The van der Waals surface area contributed by atoms with Crippen LogP contribution in [-0.2, 0) is 18.4 Å². The second-order valence-electron chi connectivity index (χ2n) is 4.04. The summed E-state index contributed by atoms with van der Waals surface area (Å²) < 4.78 is 2.70. The second kappa shape index (κ2) is 4.92. The van der Waals surface area contributed by atoms with Crippen molar-refractivity contribution in [1.82, 2.24) is 19.6 Å². The summed E-state index contributed by atoms with van der Waals surface area (Å²) >= 11 is 0. The smallest absolute Gasteiger partial charge is 0.325 e. The Hall–Kier alpha value is -2.64. The molecule has 0 saturated carbocycles. The Balaban J connectivity index is 2.09. The molecule has 1 amide bonds. The summed E-state index contributed by atoms with van der Waals surface area (Å²) in [6, 6.07) is 3.19. The molecular weight excluding hydrogens is 250 g/mol. The van der Waals surface area contributed by atoms with Crippen molar-refractivity contribution in [3.8, 4) is 0 Å². The van der Waals surface area contributed by atoms with E-state index in [0.29, 0.717) is 11.5 Å². The molecule has 0 spiro atoms. The van der Waals surface area contributed by atoms with E-state index in [1.807, 2.05) is 0 Å². The minimum atomic E-state index is -0.997. The number of carboxylic acid groups (broad SMARTS) is 1. The predicted molar refractivity (Wildman–Crippen MR) is 65.8 cm³/mol. The van der Waals surface area contributed by atoms with Crippen LogP contribution in [0.5, 0.6) is 0 Å². The van der Waals surface area contributed by atoms with Crippen LogP contribution in [0.25, 0.3) is 0 Å². The maximum Gasteiger partial charge on any atom is 0.325 e. The number of nitrogens with zero attached hydrogens (tertiary/aromatic N) is 4. The fourth-order valence-corrected chi connectivity index (χ4v) is 1.66. The van der Waals surface area contributed by atoms with Crippen LogP contribution in [0, 0.1) is 6.92 Å². The number of anilines is 1. The Labute approximate surface area is 108 Å². The van der Waals surface area contributed by atoms with Gasteiger partial charge in [-0.2, -0.15) is 10.2 Å². The lowest BCUT2D eigenvalue weighted by Crippen LogP contribution is -2.17. The van der Waals surface area contributed by atoms with Crippen LogP contribution in [0.4, 0.5) is 5.82 Å². The monoisotopic (exact) mass is 263 g/mol. The molecule has 0 aliphatic heterocycles. The number of rotatable bonds is 4. The van der Waals surface area contributed by atoms with E-state index in [1.165, 1.54) is 21.6 Å². The van der Waals surface area contributed by atoms with Gasteiger partial charge in [-0.15, -0.1) is 0 Å². The number of hydrogen-bond donors (Lipinski definition) is 2. The molecule has 8 nitrogen and oxygen atoms in total. The fourth-order valence-electron chi connectivity index (χ4n) is 1.66. The zero-order chi connectivity index (χ0) is 14.0. The van der Waals surface area contributed by atoms with Crippen molar-refractivity contribution in [3.63, 3.8) is 0 Å². The van der Waals surface area contributed by atoms with E-state index < -0.39 is 5.97 Å². The van der Waals surface area contributed by atoms with E-state index in [2.05, 4.69) is 15.5 Å². The Kier molecular flexibility index (Phi) is 3.32. The van der Waals surface area contributed by atoms with Gasteiger partial charge in [0, 0.05) is 19.3 Å². The predicted octanol–water partition coefficient (Wildman–Crippen LogP) is 0.262. The van der Waals surface area contributed by atoms with Gasteiger partial charge in [0.2, 0.25) is 0 Å². The van der Waals surface area contributed by atoms with Crippen molar-refractivity contribution in [2.45, 2.75) is 13.5 Å². The first-order valence-electron chi connectivity index (χ1n) is 5.53. The highest BCUT2D eigenvalue weighted by atomic mass is 16.4. The number of aryl methyl sites for hydroxylation is 2. The summed E-state index contributed by atoms with van der Waals surface area (Å²) in [5.41, 5.74) is 1.15. The van der Waals surface area contributed by atoms with Gasteiger partial charge in [-0.05, 0) is 13.0 Å². The summed E-state index contributed by atoms with van der Waals surface area (Å²) in [6.45, 7) is 1.54. The number of aromatic nitrogens is 4. The summed E-state index contributed by atoms with van der Waals surface area (Å²) in [5.74, 6) is -1.04. The van der Waals surface area contributed by atoms with Gasteiger partial charge in [0.25, 0.3) is 5.91 Å². The van der Waals surface area contributed by atoms with Gasteiger partial charge < -0.3 is 10.4 Å². The van der Waals surface area contributed by atoms with Gasteiger partial charge in [0.05, 0.1) is 5.69 Å². The molecule has 2 aromatic rings. The largest absolute Gasteiger partial charge is 0.480 e. The first-order chi connectivity index (χ1) is 8.95. The van der Waals surface area contributed by atoms with Crippen molar-refractivity contribution in [2.75, 3.05) is 5.32 Å². The summed E-state index contributed by atoms with van der Waals surface area (Å²) in [4.78, 5) is 22.5. The maximum atomic E-state index is 11.9. The summed E-state index contributed by atoms with van der Waals surface area (Å²) in [6.07, 6.45) is 1.48. The zero-order valence-electron chi connectivity index (χ0n) is 10.5. The maximum absolute atomic E-state index is 11.9. The van der Waals surface area contributed by atoms with Gasteiger partial charge in [-0.3, -0.25) is 19.0 Å². The molecule has 0 bridgehead atoms. The number of aliphatic carboxylic acids is 1. The number of amides is 1. The normalized spacial score (nSPS) is 10.4. The topological polar surface area (TPSA) is 102 Å². The highest BCUT2D eigenvalue weighted by Gasteiger charge is 2.13. The summed E-state index contributed by atoms with van der Waals surface area (Å²) in [7, 11) is 1.67. The average Bonchev–Trinajstić information content (AvgIpc) is 2.84. The molecule has 0 atom stereocenters. The molecule has 19 heavy (non-hydrogen) atoms. The minimum absolute atomic E-state index is 0.249. The van der Waals surface area contributed by atoms with Crippen LogP contribution in [0.15, 0.2) is 18.3 Å². The highest BCUT2D eigenvalue weighted by molar-refractivity contribution is 6.02. The molecule has 0 aromatic carbocycles. The third-order valence-electron chi connectivity index (χ3n) is 2.41. The molecule has 2 rings (SSSR count). The molecule has 0 aliphatic carbocycles. The first kappa shape index (κ1) is 12.8. The Morgan fingerprint density at radius 2 is 2.16 bits per heavy atom. The molecule has 0 aliphatic rings. The van der Waals surface area contributed by atoms with Crippen LogP contribution < -0.4 is 5.32 Å². The zero-order valence-corrected chi connectivity index (χ0v) is 10.5. The molecule has 8 heteroatoms. The van der Waals surface area contributed by atoms with Gasteiger partial charge in [-0.25, -0.2) is 0 Å². The quantitative estimate of drug-likeness (QED) is 0.823. The van der Waals surface area contributed by atoms with Gasteiger partial charge in [0.15, 0.2) is 5.82 Å². The van der Waals surface area contributed by atoms with E-state index >= 15 is 0 Å². The van der Waals surface area contributed by atoms with E-state index in [4.69, 9.17) is 5.11 Å². The summed E-state index contributed by atoms with van der Waals surface area (Å²) in [5, 5.41) is 19.2. The lowest BCUT2D eigenvalue weighted by molar-refractivity contribution is -0.137. The molecule has 0 unspecified atom stereocenters. The number of carboxylic acids is 1. The Morgan fingerprint density at radius 3 is 2.74 bits per heavy atom. The van der Waals surface area contributed by atoms with Crippen molar-refractivity contribution < 1.29 is 14.7 Å². The van der Waals surface area contributed by atoms with E-state index in [0.717, 1.165) is 5.69 Å². The van der Waals surface area contributed by atoms with Crippen LogP contribution in [0.3, 0.4) is 0 Å². The Bertz CT molecular complexity index is 628. The average molecular weight is 263 g/mol. The van der Waals surface area contributed by atoms with Crippen LogP contribution in [0.1, 0.15) is 16.2 Å². The molecule has 2 heterocycles. The van der Waals surface area contributed by atoms with Crippen molar-refractivity contribution in [3.05, 3.63) is 29.7 Å². The van der Waals surface area contributed by atoms with E-state index in [9.17, 15) is 9.59 Å². The SMILES string of the molecule is Cc1cc(C(=O)Nc2ccn(CC(=O)O)n2)n(C)n1. The molecule has 0 radical (unpaired) electrons. The van der Waals surface area contributed by atoms with Crippen LogP contribution in [0.2, 0.25) is 0 Å². The van der Waals surface area contributed by atoms with Gasteiger partial charge in [0.1, 0.15) is 12.2 Å². The third kappa shape index (κ3) is 2.97. The third-order valence-corrected chi connectivity index (χ3v) is 2.41. The van der Waals surface area contributed by atoms with Crippen LogP contribution >= 0.6 is 0 Å². The minimum Gasteiger partial charge on any atom is -0.480 e. The number of carbonyl (C=O) groups is 2. The molecule has 100 valence electrons. The van der Waals surface area contributed by atoms with Crippen molar-refractivity contribution in [1.29, 1.82) is 0 Å². The lowest BCUT2D eigenvalue weighted by atomic mass is 10.3. The molecule has 2 N–H and O–H groups in total. The highest BCUT2D eigenvalue weighted by Crippen LogP contribution is 2.07.